The summed E-state index contributed by atoms with van der Waals surface area (Å²) in [4.78, 5) is 20.3. The molecule has 0 saturated heterocycles. The number of oxazole rings is 1. The predicted octanol–water partition coefficient (Wildman–Crippen LogP) is 2.66. The summed E-state index contributed by atoms with van der Waals surface area (Å²) in [5.74, 6) is -0.0456. The molecule has 0 aliphatic carbocycles. The fraction of sp³-hybridized carbons (Fsp3) is 0.300. The molecule has 0 aliphatic heterocycles. The molecule has 0 N–H and O–H groups in total. The first-order chi connectivity index (χ1) is 14.8. The van der Waals surface area contributed by atoms with Crippen molar-refractivity contribution in [1.29, 1.82) is 0 Å². The fourth-order valence-electron chi connectivity index (χ4n) is 3.25. The normalized spacial score (nSPS) is 12.3. The van der Waals surface area contributed by atoms with Crippen molar-refractivity contribution < 1.29 is 17.4 Å². The molecule has 0 saturated carbocycles. The first-order valence-corrected chi connectivity index (χ1v) is 11.1. The smallest absolute Gasteiger partial charge is 0.408 e. The lowest BCUT2D eigenvalue weighted by molar-refractivity contribution is 0.286. The molecule has 162 valence electrons. The molecule has 4 aromatic rings. The predicted molar refractivity (Wildman–Crippen MR) is 112 cm³/mol. The van der Waals surface area contributed by atoms with Gasteiger partial charge < -0.3 is 8.94 Å². The van der Waals surface area contributed by atoms with Crippen LogP contribution in [0.4, 0.5) is 0 Å². The Hall–Kier alpha value is -3.31. The molecule has 0 amide bonds. The number of hydrogen-bond donors (Lipinski definition) is 0. The summed E-state index contributed by atoms with van der Waals surface area (Å²) in [6, 6.07) is 7.54. The van der Waals surface area contributed by atoms with Gasteiger partial charge in [-0.3, -0.25) is 9.55 Å². The van der Waals surface area contributed by atoms with E-state index < -0.39 is 15.8 Å². The first-order valence-electron chi connectivity index (χ1n) is 9.69. The Morgan fingerprint density at radius 1 is 1.23 bits per heavy atom. The highest BCUT2D eigenvalue weighted by Gasteiger charge is 2.30. The van der Waals surface area contributed by atoms with E-state index in [1.807, 2.05) is 6.92 Å². The van der Waals surface area contributed by atoms with E-state index >= 15 is 0 Å². The van der Waals surface area contributed by atoms with Crippen LogP contribution in [-0.4, -0.2) is 38.5 Å². The van der Waals surface area contributed by atoms with Gasteiger partial charge >= 0.3 is 5.76 Å². The number of benzene rings is 1. The van der Waals surface area contributed by atoms with Crippen molar-refractivity contribution in [2.24, 2.45) is 0 Å². The Kier molecular flexibility index (Phi) is 5.46. The maximum absolute atomic E-state index is 13.4. The van der Waals surface area contributed by atoms with Crippen LogP contribution >= 0.6 is 0 Å². The number of pyridine rings is 1. The average Bonchev–Trinajstić information content (AvgIpc) is 3.35. The molecule has 0 aliphatic rings. The highest BCUT2D eigenvalue weighted by Crippen LogP contribution is 2.25. The maximum atomic E-state index is 13.4. The topological polar surface area (TPSA) is 124 Å². The Balaban J connectivity index is 1.67. The lowest BCUT2D eigenvalue weighted by Gasteiger charge is -2.24. The van der Waals surface area contributed by atoms with E-state index in [0.717, 1.165) is 0 Å². The first kappa shape index (κ1) is 20.9. The van der Waals surface area contributed by atoms with E-state index in [1.165, 1.54) is 21.0 Å². The van der Waals surface area contributed by atoms with E-state index in [-0.39, 0.29) is 29.0 Å². The van der Waals surface area contributed by atoms with Gasteiger partial charge in [-0.1, -0.05) is 5.16 Å². The molecule has 0 spiro atoms. The van der Waals surface area contributed by atoms with Crippen LogP contribution in [0.25, 0.3) is 22.5 Å². The van der Waals surface area contributed by atoms with Gasteiger partial charge in [-0.25, -0.2) is 13.2 Å². The van der Waals surface area contributed by atoms with Gasteiger partial charge in [0.1, 0.15) is 0 Å². The summed E-state index contributed by atoms with van der Waals surface area (Å²) < 4.78 is 39.9. The number of aryl methyl sites for hydroxylation is 1. The summed E-state index contributed by atoms with van der Waals surface area (Å²) in [6.45, 7) is 5.63. The third-order valence-electron chi connectivity index (χ3n) is 4.82. The quantitative estimate of drug-likeness (QED) is 0.427. The summed E-state index contributed by atoms with van der Waals surface area (Å²) in [6.07, 6.45) is 3.22. The van der Waals surface area contributed by atoms with Crippen molar-refractivity contribution in [3.05, 3.63) is 59.2 Å². The Bertz CT molecular complexity index is 1370. The molecule has 0 bridgehead atoms. The van der Waals surface area contributed by atoms with Gasteiger partial charge in [-0.15, -0.1) is 0 Å². The average molecular weight is 443 g/mol. The number of sulfonamides is 1. The Morgan fingerprint density at radius 3 is 2.71 bits per heavy atom. The summed E-state index contributed by atoms with van der Waals surface area (Å²) in [5, 5.41) is 3.92. The van der Waals surface area contributed by atoms with Crippen LogP contribution in [0, 0.1) is 0 Å². The highest BCUT2D eigenvalue weighted by molar-refractivity contribution is 7.89. The molecule has 0 atom stereocenters. The SMILES string of the molecule is CCn1c(=O)oc2cc(S(=O)(=O)N(Cc3nc(-c4cccnc4)no3)C(C)C)ccc21. The molecule has 3 heterocycles. The summed E-state index contributed by atoms with van der Waals surface area (Å²) in [5.41, 5.74) is 1.42. The molecule has 4 rings (SSSR count). The van der Waals surface area contributed by atoms with Gasteiger partial charge in [0, 0.05) is 36.6 Å². The van der Waals surface area contributed by atoms with Crippen LogP contribution in [0.5, 0.6) is 0 Å². The molecule has 0 unspecified atom stereocenters. The van der Waals surface area contributed by atoms with Crippen molar-refractivity contribution in [3.63, 3.8) is 0 Å². The van der Waals surface area contributed by atoms with E-state index in [0.29, 0.717) is 23.4 Å². The monoisotopic (exact) mass is 443 g/mol. The van der Waals surface area contributed by atoms with E-state index in [9.17, 15) is 13.2 Å². The number of hydrogen-bond acceptors (Lipinski definition) is 8. The van der Waals surface area contributed by atoms with Gasteiger partial charge in [0.05, 0.1) is 17.0 Å². The fourth-order valence-corrected chi connectivity index (χ4v) is 4.85. The molecule has 0 fully saturated rings. The maximum Gasteiger partial charge on any atom is 0.419 e. The lowest BCUT2D eigenvalue weighted by Crippen LogP contribution is -2.36. The number of rotatable bonds is 7. The Labute approximate surface area is 178 Å². The van der Waals surface area contributed by atoms with Crippen LogP contribution in [0.3, 0.4) is 0 Å². The van der Waals surface area contributed by atoms with Crippen LogP contribution in [0.15, 0.2) is 61.4 Å². The van der Waals surface area contributed by atoms with Crippen molar-refractivity contribution in [2.75, 3.05) is 0 Å². The zero-order valence-electron chi connectivity index (χ0n) is 17.2. The minimum atomic E-state index is -3.93. The molecule has 11 heteroatoms. The second-order valence-electron chi connectivity index (χ2n) is 7.14. The van der Waals surface area contributed by atoms with Crippen LogP contribution in [0.1, 0.15) is 26.7 Å². The van der Waals surface area contributed by atoms with Crippen LogP contribution < -0.4 is 5.76 Å². The highest BCUT2D eigenvalue weighted by atomic mass is 32.2. The van der Waals surface area contributed by atoms with Crippen LogP contribution in [-0.2, 0) is 23.1 Å². The zero-order chi connectivity index (χ0) is 22.2. The largest absolute Gasteiger partial charge is 0.419 e. The molecular formula is C20H21N5O5S. The molecule has 1 aromatic carbocycles. The van der Waals surface area contributed by atoms with Crippen molar-refractivity contribution in [2.45, 2.75) is 44.8 Å². The Morgan fingerprint density at radius 2 is 2.03 bits per heavy atom. The van der Waals surface area contributed by atoms with Crippen molar-refractivity contribution >= 4 is 21.1 Å². The summed E-state index contributed by atoms with van der Waals surface area (Å²) in [7, 11) is -3.93. The van der Waals surface area contributed by atoms with Gasteiger partial charge in [-0.2, -0.15) is 9.29 Å². The van der Waals surface area contributed by atoms with Gasteiger partial charge in [0.15, 0.2) is 5.58 Å². The van der Waals surface area contributed by atoms with Crippen molar-refractivity contribution in [1.82, 2.24) is 24.0 Å². The summed E-state index contributed by atoms with van der Waals surface area (Å²) >= 11 is 0. The molecule has 0 radical (unpaired) electrons. The minimum absolute atomic E-state index is 0.0118. The van der Waals surface area contributed by atoms with Gasteiger partial charge in [-0.05, 0) is 45.0 Å². The number of aromatic nitrogens is 4. The van der Waals surface area contributed by atoms with Crippen LogP contribution in [0.2, 0.25) is 0 Å². The van der Waals surface area contributed by atoms with E-state index in [1.54, 1.807) is 44.4 Å². The second-order valence-corrected chi connectivity index (χ2v) is 9.03. The van der Waals surface area contributed by atoms with E-state index in [4.69, 9.17) is 8.94 Å². The van der Waals surface area contributed by atoms with Crippen molar-refractivity contribution in [3.8, 4) is 11.4 Å². The van der Waals surface area contributed by atoms with E-state index in [2.05, 4.69) is 15.1 Å². The molecule has 31 heavy (non-hydrogen) atoms. The molecule has 10 nitrogen and oxygen atoms in total. The zero-order valence-corrected chi connectivity index (χ0v) is 18.0. The number of fused-ring (bicyclic) bond motifs is 1. The third kappa shape index (κ3) is 3.89. The lowest BCUT2D eigenvalue weighted by atomic mass is 10.3. The van der Waals surface area contributed by atoms with Gasteiger partial charge in [0.25, 0.3) is 0 Å². The minimum Gasteiger partial charge on any atom is -0.408 e. The number of nitrogens with zero attached hydrogens (tertiary/aromatic N) is 5. The second kappa shape index (κ2) is 8.08. The van der Waals surface area contributed by atoms with Gasteiger partial charge in [0.2, 0.25) is 21.7 Å². The third-order valence-corrected chi connectivity index (χ3v) is 6.84. The molecular weight excluding hydrogens is 422 g/mol. The molecule has 3 aromatic heterocycles. The standard InChI is InChI=1S/C20H21N5O5S/c1-4-24-16-8-7-15(10-17(16)29-20(24)26)31(27,28)25(13(2)3)12-18-22-19(23-30-18)14-6-5-9-21-11-14/h5-11,13H,4,12H2,1-3H3.